The van der Waals surface area contributed by atoms with Crippen LogP contribution in [0.15, 0.2) is 47.5 Å². The third kappa shape index (κ3) is 3.25. The summed E-state index contributed by atoms with van der Waals surface area (Å²) in [5.41, 5.74) is 2.12. The normalized spacial score (nSPS) is 15.4. The molecule has 1 aliphatic heterocycles. The minimum absolute atomic E-state index is 0.00167. The minimum atomic E-state index is -0.0181. The number of hydrogen-bond acceptors (Lipinski definition) is 4. The molecule has 0 unspecified atom stereocenters. The summed E-state index contributed by atoms with van der Waals surface area (Å²) < 4.78 is 3.56. The van der Waals surface area contributed by atoms with Crippen molar-refractivity contribution in [2.24, 2.45) is 5.92 Å². The molecule has 1 saturated heterocycles. The van der Waals surface area contributed by atoms with Crippen molar-refractivity contribution in [3.63, 3.8) is 0 Å². The lowest BCUT2D eigenvalue weighted by atomic mass is 9.96. The fourth-order valence-electron chi connectivity index (χ4n) is 3.84. The summed E-state index contributed by atoms with van der Waals surface area (Å²) in [4.78, 5) is 35.7. The van der Waals surface area contributed by atoms with Crippen molar-refractivity contribution in [1.29, 1.82) is 0 Å². The molecule has 1 aliphatic rings. The van der Waals surface area contributed by atoms with E-state index in [1.807, 2.05) is 36.1 Å². The zero-order valence-electron chi connectivity index (χ0n) is 15.4. The molecule has 0 radical (unpaired) electrons. The van der Waals surface area contributed by atoms with Gasteiger partial charge in [-0.1, -0.05) is 6.07 Å². The first-order chi connectivity index (χ1) is 13.2. The molecule has 7 heteroatoms. The summed E-state index contributed by atoms with van der Waals surface area (Å²) in [6.45, 7) is 4.62. The van der Waals surface area contributed by atoms with Crippen molar-refractivity contribution in [1.82, 2.24) is 24.0 Å². The predicted molar refractivity (Wildman–Crippen MR) is 103 cm³/mol. The van der Waals surface area contributed by atoms with E-state index in [9.17, 15) is 9.59 Å². The number of imidazole rings is 1. The predicted octanol–water partition coefficient (Wildman–Crippen LogP) is 2.17. The molecule has 0 bridgehead atoms. The Balaban J connectivity index is 1.47. The maximum atomic E-state index is 12.8. The number of piperidine rings is 1. The highest BCUT2D eigenvalue weighted by atomic mass is 16.2. The van der Waals surface area contributed by atoms with E-state index in [1.165, 1.54) is 0 Å². The molecular weight excluding hydrogens is 342 g/mol. The van der Waals surface area contributed by atoms with E-state index < -0.39 is 0 Å². The zero-order chi connectivity index (χ0) is 18.8. The first-order valence-corrected chi connectivity index (χ1v) is 9.43. The van der Waals surface area contributed by atoms with Crippen LogP contribution in [0.4, 0.5) is 0 Å². The van der Waals surface area contributed by atoms with Crippen LogP contribution in [-0.4, -0.2) is 43.0 Å². The first-order valence-electron chi connectivity index (χ1n) is 9.43. The number of rotatable bonds is 4. The molecule has 27 heavy (non-hydrogen) atoms. The summed E-state index contributed by atoms with van der Waals surface area (Å²) in [5.74, 6) is 0.337. The van der Waals surface area contributed by atoms with Crippen LogP contribution in [0.25, 0.3) is 11.2 Å². The van der Waals surface area contributed by atoms with Gasteiger partial charge >= 0.3 is 5.69 Å². The van der Waals surface area contributed by atoms with E-state index >= 15 is 0 Å². The van der Waals surface area contributed by atoms with Crippen molar-refractivity contribution in [2.75, 3.05) is 13.1 Å². The second-order valence-electron chi connectivity index (χ2n) is 6.93. The first kappa shape index (κ1) is 17.5. The van der Waals surface area contributed by atoms with Crippen molar-refractivity contribution in [3.05, 3.63) is 58.9 Å². The van der Waals surface area contributed by atoms with Crippen LogP contribution in [0.5, 0.6) is 0 Å². The Bertz CT molecular complexity index is 1000. The summed E-state index contributed by atoms with van der Waals surface area (Å²) >= 11 is 0. The van der Waals surface area contributed by atoms with Crippen LogP contribution in [0.3, 0.4) is 0 Å². The van der Waals surface area contributed by atoms with Crippen LogP contribution in [-0.2, 0) is 13.1 Å². The number of carbonyl (C=O) groups is 1. The number of carbonyl (C=O) groups excluding carboxylic acids is 1. The monoisotopic (exact) mass is 365 g/mol. The van der Waals surface area contributed by atoms with Crippen LogP contribution >= 0.6 is 0 Å². The Hall–Kier alpha value is -2.96. The van der Waals surface area contributed by atoms with Gasteiger partial charge in [-0.3, -0.25) is 18.9 Å². The van der Waals surface area contributed by atoms with E-state index in [2.05, 4.69) is 9.97 Å². The minimum Gasteiger partial charge on any atom is -0.337 e. The van der Waals surface area contributed by atoms with Gasteiger partial charge in [0.25, 0.3) is 5.91 Å². The molecule has 140 valence electrons. The number of pyridine rings is 2. The van der Waals surface area contributed by atoms with Gasteiger partial charge in [-0.05, 0) is 49.9 Å². The molecule has 0 N–H and O–H groups in total. The van der Waals surface area contributed by atoms with Crippen molar-refractivity contribution < 1.29 is 4.79 Å². The fraction of sp³-hybridized carbons (Fsp3) is 0.400. The van der Waals surface area contributed by atoms with Gasteiger partial charge in [0.2, 0.25) is 0 Å². The fourth-order valence-corrected chi connectivity index (χ4v) is 3.84. The molecule has 0 atom stereocenters. The van der Waals surface area contributed by atoms with Crippen LogP contribution in [0.2, 0.25) is 0 Å². The summed E-state index contributed by atoms with van der Waals surface area (Å²) in [5, 5.41) is 0. The summed E-state index contributed by atoms with van der Waals surface area (Å²) in [7, 11) is 0. The van der Waals surface area contributed by atoms with Crippen LogP contribution < -0.4 is 5.69 Å². The number of likely N-dealkylation sites (tertiary alicyclic amines) is 1. The number of amides is 1. The van der Waals surface area contributed by atoms with Gasteiger partial charge in [-0.25, -0.2) is 9.78 Å². The quantitative estimate of drug-likeness (QED) is 0.710. The van der Waals surface area contributed by atoms with Crippen molar-refractivity contribution >= 4 is 17.1 Å². The number of aromatic nitrogens is 4. The molecule has 0 aromatic carbocycles. The highest BCUT2D eigenvalue weighted by molar-refractivity contribution is 5.92. The number of fused-ring (bicyclic) bond motifs is 1. The molecule has 0 spiro atoms. The molecule has 4 heterocycles. The van der Waals surface area contributed by atoms with E-state index in [-0.39, 0.29) is 11.6 Å². The van der Waals surface area contributed by atoms with Gasteiger partial charge in [0, 0.05) is 38.6 Å². The molecule has 3 aromatic rings. The van der Waals surface area contributed by atoms with Crippen molar-refractivity contribution in [3.8, 4) is 0 Å². The SMILES string of the molecule is CCn1c(=O)n(CC2CCN(C(=O)c3ccccn3)CC2)c2ncccc21. The van der Waals surface area contributed by atoms with Gasteiger partial charge in [-0.15, -0.1) is 0 Å². The lowest BCUT2D eigenvalue weighted by Crippen LogP contribution is -2.40. The van der Waals surface area contributed by atoms with E-state index in [1.54, 1.807) is 27.6 Å². The zero-order valence-corrected chi connectivity index (χ0v) is 15.4. The molecule has 3 aromatic heterocycles. The smallest absolute Gasteiger partial charge is 0.330 e. The highest BCUT2D eigenvalue weighted by Crippen LogP contribution is 2.21. The van der Waals surface area contributed by atoms with E-state index in [0.29, 0.717) is 37.8 Å². The summed E-state index contributed by atoms with van der Waals surface area (Å²) in [6.07, 6.45) is 5.11. The molecule has 7 nitrogen and oxygen atoms in total. The lowest BCUT2D eigenvalue weighted by Gasteiger charge is -2.31. The molecule has 1 fully saturated rings. The van der Waals surface area contributed by atoms with Crippen molar-refractivity contribution in [2.45, 2.75) is 32.9 Å². The summed E-state index contributed by atoms with van der Waals surface area (Å²) in [6, 6.07) is 9.19. The average Bonchev–Trinajstić information content (AvgIpc) is 2.99. The molecule has 1 amide bonds. The van der Waals surface area contributed by atoms with Gasteiger partial charge in [0.15, 0.2) is 5.65 Å². The Morgan fingerprint density at radius 1 is 1.07 bits per heavy atom. The maximum Gasteiger partial charge on any atom is 0.330 e. The van der Waals surface area contributed by atoms with E-state index in [4.69, 9.17) is 0 Å². The maximum absolute atomic E-state index is 12.8. The Morgan fingerprint density at radius 3 is 2.56 bits per heavy atom. The number of nitrogens with zero attached hydrogens (tertiary/aromatic N) is 5. The van der Waals surface area contributed by atoms with Gasteiger partial charge in [0.05, 0.1) is 5.52 Å². The number of hydrogen-bond donors (Lipinski definition) is 0. The van der Waals surface area contributed by atoms with Crippen LogP contribution in [0.1, 0.15) is 30.3 Å². The Kier molecular flexibility index (Phi) is 4.75. The Morgan fingerprint density at radius 2 is 1.85 bits per heavy atom. The van der Waals surface area contributed by atoms with Gasteiger partial charge in [-0.2, -0.15) is 0 Å². The third-order valence-corrected chi connectivity index (χ3v) is 5.32. The van der Waals surface area contributed by atoms with Crippen LogP contribution in [0, 0.1) is 5.92 Å². The molecule has 0 saturated carbocycles. The Labute approximate surface area is 157 Å². The van der Waals surface area contributed by atoms with Gasteiger partial charge in [0.1, 0.15) is 5.69 Å². The number of aryl methyl sites for hydroxylation is 1. The molecular formula is C20H23N5O2. The highest BCUT2D eigenvalue weighted by Gasteiger charge is 2.26. The average molecular weight is 365 g/mol. The van der Waals surface area contributed by atoms with E-state index in [0.717, 1.165) is 24.0 Å². The third-order valence-electron chi connectivity index (χ3n) is 5.32. The second-order valence-corrected chi connectivity index (χ2v) is 6.93. The standard InChI is InChI=1S/C20H23N5O2/c1-2-24-17-7-5-11-22-18(17)25(20(24)27)14-15-8-12-23(13-9-15)19(26)16-6-3-4-10-21-16/h3-7,10-11,15H,2,8-9,12-14H2,1H3. The molecule has 4 rings (SSSR count). The topological polar surface area (TPSA) is 73.0 Å². The second kappa shape index (κ2) is 7.34. The molecule has 0 aliphatic carbocycles. The largest absolute Gasteiger partial charge is 0.337 e. The van der Waals surface area contributed by atoms with Gasteiger partial charge < -0.3 is 4.90 Å². The lowest BCUT2D eigenvalue weighted by molar-refractivity contribution is 0.0677.